The molecule has 1 aliphatic carbocycles. The molecule has 1 N–H and O–H groups in total. The van der Waals surface area contributed by atoms with E-state index in [0.29, 0.717) is 17.2 Å². The van der Waals surface area contributed by atoms with Crippen LogP contribution in [0.25, 0.3) is 0 Å². The van der Waals surface area contributed by atoms with Crippen LogP contribution in [-0.2, 0) is 0 Å². The van der Waals surface area contributed by atoms with Crippen LogP contribution in [-0.4, -0.2) is 11.0 Å². The van der Waals surface area contributed by atoms with E-state index in [-0.39, 0.29) is 0 Å². The topological polar surface area (TPSA) is 24.9 Å². The van der Waals surface area contributed by atoms with Gasteiger partial charge in [-0.3, -0.25) is 0 Å². The number of hydrogen-bond donors (Lipinski definition) is 1. The summed E-state index contributed by atoms with van der Waals surface area (Å²) in [7, 11) is 0. The molecule has 1 aliphatic rings. The van der Waals surface area contributed by atoms with Gasteiger partial charge in [0.2, 0.25) is 0 Å². The van der Waals surface area contributed by atoms with Gasteiger partial charge in [0.15, 0.2) is 0 Å². The predicted octanol–water partition coefficient (Wildman–Crippen LogP) is 3.18. The van der Waals surface area contributed by atoms with Crippen molar-refractivity contribution in [1.29, 1.82) is 0 Å². The van der Waals surface area contributed by atoms with Gasteiger partial charge in [-0.2, -0.15) is 0 Å². The number of nitrogens with zero attached hydrogens (tertiary/aromatic N) is 1. The smallest absolute Gasteiger partial charge is 0.129 e. The van der Waals surface area contributed by atoms with Crippen molar-refractivity contribution in [3.05, 3.63) is 29.0 Å². The maximum absolute atomic E-state index is 5.86. The minimum absolute atomic E-state index is 0.348. The molecule has 1 heterocycles. The van der Waals surface area contributed by atoms with Gasteiger partial charge in [-0.05, 0) is 50.3 Å². The molecule has 1 aromatic rings. The molecule has 15 heavy (non-hydrogen) atoms. The van der Waals surface area contributed by atoms with Crippen LogP contribution in [0.2, 0.25) is 5.15 Å². The molecule has 1 fully saturated rings. The molecule has 0 spiro atoms. The van der Waals surface area contributed by atoms with Gasteiger partial charge in [-0.15, -0.1) is 0 Å². The molecule has 3 heteroatoms. The van der Waals surface area contributed by atoms with E-state index in [4.69, 9.17) is 11.6 Å². The average Bonchev–Trinajstić information content (AvgIpc) is 3.00. The Balaban J connectivity index is 1.97. The minimum atomic E-state index is 0.348. The lowest BCUT2D eigenvalue weighted by Gasteiger charge is -2.20. The first kappa shape index (κ1) is 10.9. The minimum Gasteiger partial charge on any atom is -0.307 e. The molecule has 2 atom stereocenters. The quantitative estimate of drug-likeness (QED) is 0.795. The summed E-state index contributed by atoms with van der Waals surface area (Å²) in [6.07, 6.45) is 4.51. The maximum atomic E-state index is 5.86. The van der Waals surface area contributed by atoms with Crippen molar-refractivity contribution in [3.63, 3.8) is 0 Å². The Morgan fingerprint density at radius 1 is 1.47 bits per heavy atom. The molecule has 1 aromatic heterocycles. The molecule has 82 valence electrons. The lowest BCUT2D eigenvalue weighted by atomic mass is 10.1. The highest BCUT2D eigenvalue weighted by Crippen LogP contribution is 2.33. The van der Waals surface area contributed by atoms with Gasteiger partial charge in [0, 0.05) is 18.3 Å². The zero-order valence-electron chi connectivity index (χ0n) is 9.20. The van der Waals surface area contributed by atoms with E-state index in [1.54, 1.807) is 6.20 Å². The van der Waals surface area contributed by atoms with Crippen molar-refractivity contribution < 1.29 is 0 Å². The van der Waals surface area contributed by atoms with Gasteiger partial charge >= 0.3 is 0 Å². The standard InChI is InChI=1S/C12H17ClN2/c1-8(10-3-4-10)15-9(2)11-5-6-14-12(13)7-11/h5-10,15H,3-4H2,1-2H3. The monoisotopic (exact) mass is 224 g/mol. The van der Waals surface area contributed by atoms with Gasteiger partial charge in [0.05, 0.1) is 0 Å². The highest BCUT2D eigenvalue weighted by molar-refractivity contribution is 6.29. The Morgan fingerprint density at radius 3 is 2.80 bits per heavy atom. The van der Waals surface area contributed by atoms with Crippen molar-refractivity contribution in [2.24, 2.45) is 5.92 Å². The summed E-state index contributed by atoms with van der Waals surface area (Å²) in [5.41, 5.74) is 1.21. The lowest BCUT2D eigenvalue weighted by molar-refractivity contribution is 0.441. The van der Waals surface area contributed by atoms with Gasteiger partial charge in [-0.25, -0.2) is 4.98 Å². The van der Waals surface area contributed by atoms with Crippen LogP contribution in [0.1, 0.15) is 38.3 Å². The molecule has 1 saturated carbocycles. The van der Waals surface area contributed by atoms with Gasteiger partial charge < -0.3 is 5.32 Å². The second-order valence-electron chi connectivity index (χ2n) is 4.43. The highest BCUT2D eigenvalue weighted by atomic mass is 35.5. The van der Waals surface area contributed by atoms with Gasteiger partial charge in [-0.1, -0.05) is 11.6 Å². The van der Waals surface area contributed by atoms with Crippen LogP contribution in [0.4, 0.5) is 0 Å². The summed E-state index contributed by atoms with van der Waals surface area (Å²) < 4.78 is 0. The van der Waals surface area contributed by atoms with E-state index >= 15 is 0 Å². The third kappa shape index (κ3) is 2.93. The first-order valence-corrected chi connectivity index (χ1v) is 5.92. The number of hydrogen-bond acceptors (Lipinski definition) is 2. The second kappa shape index (κ2) is 4.50. The van der Waals surface area contributed by atoms with Crippen LogP contribution in [0.15, 0.2) is 18.3 Å². The van der Waals surface area contributed by atoms with E-state index in [9.17, 15) is 0 Å². The van der Waals surface area contributed by atoms with Gasteiger partial charge in [0.25, 0.3) is 0 Å². The molecular weight excluding hydrogens is 208 g/mol. The van der Waals surface area contributed by atoms with Crippen LogP contribution in [0.3, 0.4) is 0 Å². The van der Waals surface area contributed by atoms with Crippen LogP contribution >= 0.6 is 11.6 Å². The van der Waals surface area contributed by atoms with E-state index in [1.165, 1.54) is 18.4 Å². The molecule has 0 radical (unpaired) electrons. The number of halogens is 1. The summed E-state index contributed by atoms with van der Waals surface area (Å²) in [6.45, 7) is 4.43. The number of rotatable bonds is 4. The number of aromatic nitrogens is 1. The Hall–Kier alpha value is -0.600. The summed E-state index contributed by atoms with van der Waals surface area (Å²) in [5, 5.41) is 4.17. The number of pyridine rings is 1. The Morgan fingerprint density at radius 2 is 2.20 bits per heavy atom. The van der Waals surface area contributed by atoms with Crippen molar-refractivity contribution in [2.45, 2.75) is 38.8 Å². The molecule has 2 rings (SSSR count). The fourth-order valence-electron chi connectivity index (χ4n) is 1.91. The molecule has 0 bridgehead atoms. The van der Waals surface area contributed by atoms with E-state index in [0.717, 1.165) is 5.92 Å². The van der Waals surface area contributed by atoms with Crippen LogP contribution in [0.5, 0.6) is 0 Å². The van der Waals surface area contributed by atoms with Crippen molar-refractivity contribution in [3.8, 4) is 0 Å². The molecule has 2 nitrogen and oxygen atoms in total. The van der Waals surface area contributed by atoms with Crippen LogP contribution in [0, 0.1) is 5.92 Å². The summed E-state index contributed by atoms with van der Waals surface area (Å²) in [6, 6.07) is 4.90. The van der Waals surface area contributed by atoms with E-state index in [2.05, 4.69) is 24.1 Å². The fraction of sp³-hybridized carbons (Fsp3) is 0.583. The maximum Gasteiger partial charge on any atom is 0.129 e. The SMILES string of the molecule is CC(NC(C)C1CC1)c1ccnc(Cl)c1. The normalized spacial score (nSPS) is 19.9. The molecule has 0 aliphatic heterocycles. The molecule has 0 saturated heterocycles. The Labute approximate surface area is 96.1 Å². The van der Waals surface area contributed by atoms with Crippen molar-refractivity contribution >= 4 is 11.6 Å². The molecule has 2 unspecified atom stereocenters. The summed E-state index contributed by atoms with van der Waals surface area (Å²) in [4.78, 5) is 3.99. The molecular formula is C12H17ClN2. The van der Waals surface area contributed by atoms with Crippen molar-refractivity contribution in [1.82, 2.24) is 10.3 Å². The zero-order valence-corrected chi connectivity index (χ0v) is 9.96. The Kier molecular flexibility index (Phi) is 3.27. The first-order valence-electron chi connectivity index (χ1n) is 5.54. The van der Waals surface area contributed by atoms with Crippen molar-refractivity contribution in [2.75, 3.05) is 0 Å². The Bertz CT molecular complexity index is 336. The predicted molar refractivity (Wildman–Crippen MR) is 63.0 cm³/mol. The average molecular weight is 225 g/mol. The summed E-state index contributed by atoms with van der Waals surface area (Å²) >= 11 is 5.86. The highest BCUT2D eigenvalue weighted by Gasteiger charge is 2.28. The largest absolute Gasteiger partial charge is 0.307 e. The van der Waals surface area contributed by atoms with Gasteiger partial charge in [0.1, 0.15) is 5.15 Å². The van der Waals surface area contributed by atoms with E-state index < -0.39 is 0 Å². The molecule has 0 amide bonds. The number of nitrogens with one attached hydrogen (secondary N) is 1. The lowest BCUT2D eigenvalue weighted by Crippen LogP contribution is -2.30. The van der Waals surface area contributed by atoms with Crippen LogP contribution < -0.4 is 5.32 Å². The fourth-order valence-corrected chi connectivity index (χ4v) is 2.09. The first-order chi connectivity index (χ1) is 7.16. The van der Waals surface area contributed by atoms with E-state index in [1.807, 2.05) is 12.1 Å². The third-order valence-corrected chi connectivity index (χ3v) is 3.30. The summed E-state index contributed by atoms with van der Waals surface area (Å²) in [5.74, 6) is 0.879. The zero-order chi connectivity index (χ0) is 10.8. The third-order valence-electron chi connectivity index (χ3n) is 3.09. The molecule has 0 aromatic carbocycles. The second-order valence-corrected chi connectivity index (χ2v) is 4.81.